The van der Waals surface area contributed by atoms with Gasteiger partial charge < -0.3 is 15.3 Å². The summed E-state index contributed by atoms with van der Waals surface area (Å²) in [5.74, 6) is -2.03. The number of nitrogens with one attached hydrogen (secondary N) is 1. The van der Waals surface area contributed by atoms with Crippen molar-refractivity contribution in [1.82, 2.24) is 5.06 Å². The molecule has 1 heterocycles. The fourth-order valence-corrected chi connectivity index (χ4v) is 2.31. The van der Waals surface area contributed by atoms with Gasteiger partial charge in [-0.25, -0.2) is 4.79 Å². The predicted octanol–water partition coefficient (Wildman–Crippen LogP) is 0.937. The highest BCUT2D eigenvalue weighted by Gasteiger charge is 2.32. The molecule has 0 aromatic heterocycles. The zero-order chi connectivity index (χ0) is 18.2. The van der Waals surface area contributed by atoms with Crippen LogP contribution in [0, 0.1) is 0 Å². The Morgan fingerprint density at radius 2 is 1.72 bits per heavy atom. The molecule has 0 radical (unpaired) electrons. The van der Waals surface area contributed by atoms with E-state index >= 15 is 0 Å². The lowest BCUT2D eigenvalue weighted by atomic mass is 10.1. The topological polar surface area (TPSA) is 113 Å². The average Bonchev–Trinajstić information content (AvgIpc) is 2.89. The van der Waals surface area contributed by atoms with Gasteiger partial charge in [0, 0.05) is 38.0 Å². The van der Waals surface area contributed by atoms with Crippen LogP contribution in [0.5, 0.6) is 0 Å². The largest absolute Gasteiger partial charge is 0.396 e. The van der Waals surface area contributed by atoms with Crippen LogP contribution in [0.15, 0.2) is 24.3 Å². The van der Waals surface area contributed by atoms with Crippen molar-refractivity contribution in [2.75, 3.05) is 11.9 Å². The molecule has 0 bridgehead atoms. The maximum absolute atomic E-state index is 11.8. The molecular weight excluding hydrogens is 328 g/mol. The molecule has 1 aliphatic heterocycles. The van der Waals surface area contributed by atoms with Gasteiger partial charge in [-0.15, -0.1) is 5.06 Å². The number of benzene rings is 1. The number of carbonyl (C=O) groups excluding carboxylic acids is 4. The van der Waals surface area contributed by atoms with Gasteiger partial charge in [-0.05, 0) is 30.5 Å². The molecule has 134 valence electrons. The van der Waals surface area contributed by atoms with Crippen molar-refractivity contribution in [3.05, 3.63) is 29.8 Å². The highest BCUT2D eigenvalue weighted by molar-refractivity contribution is 6.01. The van der Waals surface area contributed by atoms with Crippen molar-refractivity contribution in [3.63, 3.8) is 0 Å². The summed E-state index contributed by atoms with van der Waals surface area (Å²) in [6.07, 6.45) is 0.925. The predicted molar refractivity (Wildman–Crippen MR) is 86.9 cm³/mol. The van der Waals surface area contributed by atoms with E-state index in [0.29, 0.717) is 17.2 Å². The molecule has 0 atom stereocenters. The number of aliphatic hydroxyl groups excluding tert-OH is 1. The number of hydrogen-bond acceptors (Lipinski definition) is 6. The number of anilines is 1. The van der Waals surface area contributed by atoms with Gasteiger partial charge in [0.2, 0.25) is 5.91 Å². The van der Waals surface area contributed by atoms with Crippen LogP contribution in [-0.2, 0) is 30.4 Å². The third kappa shape index (κ3) is 5.68. The van der Waals surface area contributed by atoms with E-state index in [1.165, 1.54) is 0 Å². The van der Waals surface area contributed by atoms with Gasteiger partial charge in [0.1, 0.15) is 0 Å². The Morgan fingerprint density at radius 1 is 1.08 bits per heavy atom. The van der Waals surface area contributed by atoms with E-state index in [-0.39, 0.29) is 44.6 Å². The van der Waals surface area contributed by atoms with Crippen LogP contribution < -0.4 is 5.32 Å². The lowest BCUT2D eigenvalue weighted by Gasteiger charge is -2.12. The van der Waals surface area contributed by atoms with Gasteiger partial charge in [-0.2, -0.15) is 0 Å². The van der Waals surface area contributed by atoms with Crippen LogP contribution in [0.2, 0.25) is 0 Å². The van der Waals surface area contributed by atoms with Crippen molar-refractivity contribution < 1.29 is 29.1 Å². The molecule has 1 aromatic carbocycles. The molecule has 3 amide bonds. The fraction of sp³-hybridized carbons (Fsp3) is 0.412. The van der Waals surface area contributed by atoms with E-state index < -0.39 is 17.8 Å². The number of aliphatic hydroxyl groups is 1. The lowest BCUT2D eigenvalue weighted by molar-refractivity contribution is -0.197. The summed E-state index contributed by atoms with van der Waals surface area (Å²) in [7, 11) is 0. The summed E-state index contributed by atoms with van der Waals surface area (Å²) in [6, 6.07) is 7.10. The minimum atomic E-state index is -0.718. The first-order chi connectivity index (χ1) is 12.0. The number of rotatable bonds is 8. The first-order valence-electron chi connectivity index (χ1n) is 8.06. The fourth-order valence-electron chi connectivity index (χ4n) is 2.31. The van der Waals surface area contributed by atoms with Gasteiger partial charge >= 0.3 is 5.97 Å². The maximum Gasteiger partial charge on any atom is 0.333 e. The number of carbonyl (C=O) groups is 4. The Kier molecular flexibility index (Phi) is 6.64. The minimum Gasteiger partial charge on any atom is -0.396 e. The van der Waals surface area contributed by atoms with Crippen molar-refractivity contribution in [2.45, 2.75) is 38.5 Å². The Balaban J connectivity index is 1.68. The van der Waals surface area contributed by atoms with Crippen LogP contribution in [0.3, 0.4) is 0 Å². The minimum absolute atomic E-state index is 0.0472. The van der Waals surface area contributed by atoms with E-state index in [9.17, 15) is 19.2 Å². The maximum atomic E-state index is 11.8. The number of nitrogens with zero attached hydrogens (tertiary/aromatic N) is 1. The quantitative estimate of drug-likeness (QED) is 0.676. The molecule has 8 heteroatoms. The average molecular weight is 348 g/mol. The number of imide groups is 1. The van der Waals surface area contributed by atoms with Gasteiger partial charge in [-0.1, -0.05) is 12.1 Å². The van der Waals surface area contributed by atoms with Gasteiger partial charge in [0.05, 0.1) is 0 Å². The summed E-state index contributed by atoms with van der Waals surface area (Å²) in [5.41, 5.74) is 1.59. The van der Waals surface area contributed by atoms with Crippen LogP contribution in [-0.4, -0.2) is 40.5 Å². The molecule has 0 aliphatic carbocycles. The van der Waals surface area contributed by atoms with E-state index in [0.717, 1.165) is 5.56 Å². The highest BCUT2D eigenvalue weighted by Crippen LogP contribution is 2.14. The van der Waals surface area contributed by atoms with Crippen LogP contribution in [0.25, 0.3) is 0 Å². The SMILES string of the molecule is O=C(CCCC(=O)ON1C(=O)CCC1=O)Nc1ccc(CCO)cc1. The van der Waals surface area contributed by atoms with E-state index in [1.54, 1.807) is 12.1 Å². The van der Waals surface area contributed by atoms with Crippen molar-refractivity contribution >= 4 is 29.4 Å². The third-order valence-electron chi connectivity index (χ3n) is 3.62. The molecule has 0 saturated carbocycles. The van der Waals surface area contributed by atoms with Crippen LogP contribution >= 0.6 is 0 Å². The van der Waals surface area contributed by atoms with Gasteiger partial charge in [0.15, 0.2) is 0 Å². The Labute approximate surface area is 144 Å². The second kappa shape index (κ2) is 8.93. The summed E-state index contributed by atoms with van der Waals surface area (Å²) in [6.45, 7) is 0.0659. The summed E-state index contributed by atoms with van der Waals surface area (Å²) in [4.78, 5) is 50.8. The van der Waals surface area contributed by atoms with E-state index in [4.69, 9.17) is 9.94 Å². The second-order valence-corrected chi connectivity index (χ2v) is 5.62. The summed E-state index contributed by atoms with van der Waals surface area (Å²) in [5, 5.41) is 12.0. The summed E-state index contributed by atoms with van der Waals surface area (Å²) >= 11 is 0. The molecule has 0 spiro atoms. The number of hydrogen-bond donors (Lipinski definition) is 2. The Morgan fingerprint density at radius 3 is 2.32 bits per heavy atom. The monoisotopic (exact) mass is 348 g/mol. The zero-order valence-electron chi connectivity index (χ0n) is 13.7. The van der Waals surface area contributed by atoms with Gasteiger partial charge in [0.25, 0.3) is 11.8 Å². The summed E-state index contributed by atoms with van der Waals surface area (Å²) < 4.78 is 0. The Bertz CT molecular complexity index is 640. The molecule has 2 N–H and O–H groups in total. The van der Waals surface area contributed by atoms with Crippen molar-refractivity contribution in [2.24, 2.45) is 0 Å². The molecular formula is C17H20N2O6. The standard InChI is InChI=1S/C17H20N2O6/c20-11-10-12-4-6-13(7-5-12)18-14(21)2-1-3-17(24)25-19-15(22)8-9-16(19)23/h4-7,20H,1-3,8-11H2,(H,18,21). The number of amides is 3. The van der Waals surface area contributed by atoms with Crippen LogP contribution in [0.1, 0.15) is 37.7 Å². The van der Waals surface area contributed by atoms with E-state index in [1.807, 2.05) is 12.1 Å². The molecule has 1 aliphatic rings. The lowest BCUT2D eigenvalue weighted by Crippen LogP contribution is -2.32. The molecule has 1 fully saturated rings. The molecule has 25 heavy (non-hydrogen) atoms. The normalized spacial score (nSPS) is 13.9. The molecule has 8 nitrogen and oxygen atoms in total. The van der Waals surface area contributed by atoms with Crippen molar-refractivity contribution in [3.8, 4) is 0 Å². The second-order valence-electron chi connectivity index (χ2n) is 5.62. The van der Waals surface area contributed by atoms with Gasteiger partial charge in [-0.3, -0.25) is 14.4 Å². The number of hydroxylamine groups is 2. The smallest absolute Gasteiger partial charge is 0.333 e. The first kappa shape index (κ1) is 18.6. The first-order valence-corrected chi connectivity index (χ1v) is 8.06. The van der Waals surface area contributed by atoms with Crippen LogP contribution in [0.4, 0.5) is 5.69 Å². The molecule has 2 rings (SSSR count). The molecule has 0 unspecified atom stereocenters. The highest BCUT2D eigenvalue weighted by atomic mass is 16.7. The third-order valence-corrected chi connectivity index (χ3v) is 3.62. The molecule has 1 aromatic rings. The molecule has 1 saturated heterocycles. The zero-order valence-corrected chi connectivity index (χ0v) is 13.7. The van der Waals surface area contributed by atoms with Crippen molar-refractivity contribution in [1.29, 1.82) is 0 Å². The van der Waals surface area contributed by atoms with E-state index in [2.05, 4.69) is 5.32 Å². The Hall–Kier alpha value is -2.74.